The Morgan fingerprint density at radius 2 is 1.96 bits per heavy atom. The van der Waals surface area contributed by atoms with Gasteiger partial charge in [-0.1, -0.05) is 28.1 Å². The van der Waals surface area contributed by atoms with Gasteiger partial charge in [0.2, 0.25) is 0 Å². The summed E-state index contributed by atoms with van der Waals surface area (Å²) in [7, 11) is 0. The average Bonchev–Trinajstić information content (AvgIpc) is 3.40. The van der Waals surface area contributed by atoms with Crippen LogP contribution in [0.5, 0.6) is 0 Å². The number of carbonyl (C=O) groups excluding carboxylic acids is 1. The minimum absolute atomic E-state index is 0.250. The SMILES string of the molecule is Cc1sc(NC(=O)c2ccnc(C3CC3)n2)nc1-c1ccc(Br)cc1. The first-order chi connectivity index (χ1) is 12.1. The zero-order valence-corrected chi connectivity index (χ0v) is 15.9. The van der Waals surface area contributed by atoms with E-state index in [0.29, 0.717) is 16.7 Å². The first-order valence-corrected chi connectivity index (χ1v) is 9.59. The second kappa shape index (κ2) is 6.65. The molecule has 1 aliphatic carbocycles. The Morgan fingerprint density at radius 3 is 2.68 bits per heavy atom. The number of rotatable bonds is 4. The molecule has 1 aromatic carbocycles. The van der Waals surface area contributed by atoms with E-state index in [9.17, 15) is 4.79 Å². The van der Waals surface area contributed by atoms with E-state index in [4.69, 9.17) is 0 Å². The van der Waals surface area contributed by atoms with Gasteiger partial charge in [-0.2, -0.15) is 0 Å². The molecule has 0 unspecified atom stereocenters. The van der Waals surface area contributed by atoms with Crippen LogP contribution in [0.15, 0.2) is 41.0 Å². The van der Waals surface area contributed by atoms with Crippen LogP contribution < -0.4 is 5.32 Å². The minimum atomic E-state index is -0.250. The Labute approximate surface area is 157 Å². The molecule has 2 heterocycles. The molecule has 2 aromatic heterocycles. The molecule has 25 heavy (non-hydrogen) atoms. The van der Waals surface area contributed by atoms with E-state index in [1.807, 2.05) is 31.2 Å². The van der Waals surface area contributed by atoms with Crippen LogP contribution >= 0.6 is 27.3 Å². The largest absolute Gasteiger partial charge is 0.296 e. The summed E-state index contributed by atoms with van der Waals surface area (Å²) in [6, 6.07) is 9.60. The Morgan fingerprint density at radius 1 is 1.20 bits per heavy atom. The predicted octanol–water partition coefficient (Wildman–Crippen LogP) is 4.80. The van der Waals surface area contributed by atoms with Crippen molar-refractivity contribution in [2.24, 2.45) is 0 Å². The van der Waals surface area contributed by atoms with Crippen molar-refractivity contribution in [1.82, 2.24) is 15.0 Å². The van der Waals surface area contributed by atoms with Gasteiger partial charge in [0, 0.05) is 27.0 Å². The maximum atomic E-state index is 12.5. The van der Waals surface area contributed by atoms with Crippen molar-refractivity contribution in [3.05, 3.63) is 57.4 Å². The van der Waals surface area contributed by atoms with E-state index in [1.165, 1.54) is 11.3 Å². The van der Waals surface area contributed by atoms with Gasteiger partial charge in [0.25, 0.3) is 5.91 Å². The number of nitrogens with zero attached hydrogens (tertiary/aromatic N) is 3. The Balaban J connectivity index is 1.54. The molecule has 0 saturated heterocycles. The summed E-state index contributed by atoms with van der Waals surface area (Å²) in [5.74, 6) is 0.929. The van der Waals surface area contributed by atoms with Crippen molar-refractivity contribution in [2.45, 2.75) is 25.7 Å². The number of carbonyl (C=O) groups is 1. The number of halogens is 1. The fraction of sp³-hybridized carbons (Fsp3) is 0.222. The van der Waals surface area contributed by atoms with Crippen LogP contribution in [0.3, 0.4) is 0 Å². The molecular weight excluding hydrogens is 400 g/mol. The van der Waals surface area contributed by atoms with Crippen LogP contribution in [0.4, 0.5) is 5.13 Å². The fourth-order valence-electron chi connectivity index (χ4n) is 2.53. The number of benzene rings is 1. The first-order valence-electron chi connectivity index (χ1n) is 7.98. The van der Waals surface area contributed by atoms with Gasteiger partial charge >= 0.3 is 0 Å². The van der Waals surface area contributed by atoms with Gasteiger partial charge < -0.3 is 0 Å². The summed E-state index contributed by atoms with van der Waals surface area (Å²) in [5, 5.41) is 3.43. The number of hydrogen-bond donors (Lipinski definition) is 1. The molecule has 0 bridgehead atoms. The molecule has 7 heteroatoms. The zero-order chi connectivity index (χ0) is 17.4. The quantitative estimate of drug-likeness (QED) is 0.665. The number of hydrogen-bond acceptors (Lipinski definition) is 5. The van der Waals surface area contributed by atoms with Crippen LogP contribution in [0.2, 0.25) is 0 Å². The van der Waals surface area contributed by atoms with Crippen LogP contribution in [0, 0.1) is 6.92 Å². The smallest absolute Gasteiger partial charge is 0.276 e. The summed E-state index contributed by atoms with van der Waals surface area (Å²) >= 11 is 4.89. The lowest BCUT2D eigenvalue weighted by Crippen LogP contribution is -2.14. The van der Waals surface area contributed by atoms with Gasteiger partial charge in [0.1, 0.15) is 11.5 Å². The predicted molar refractivity (Wildman–Crippen MR) is 102 cm³/mol. The molecule has 1 saturated carbocycles. The van der Waals surface area contributed by atoms with Crippen LogP contribution in [-0.2, 0) is 0 Å². The Kier molecular flexibility index (Phi) is 4.35. The van der Waals surface area contributed by atoms with Gasteiger partial charge in [0.05, 0.1) is 5.69 Å². The molecule has 5 nitrogen and oxygen atoms in total. The summed E-state index contributed by atoms with van der Waals surface area (Å²) in [6.45, 7) is 2.00. The van der Waals surface area contributed by atoms with E-state index in [2.05, 4.69) is 36.2 Å². The molecule has 1 amide bonds. The van der Waals surface area contributed by atoms with Gasteiger partial charge in [-0.25, -0.2) is 15.0 Å². The lowest BCUT2D eigenvalue weighted by molar-refractivity contribution is 0.102. The zero-order valence-electron chi connectivity index (χ0n) is 13.5. The Hall–Kier alpha value is -2.12. The number of aromatic nitrogens is 3. The van der Waals surface area contributed by atoms with Crippen molar-refractivity contribution in [3.63, 3.8) is 0 Å². The maximum absolute atomic E-state index is 12.5. The van der Waals surface area contributed by atoms with Crippen LogP contribution in [0.1, 0.15) is 39.9 Å². The average molecular weight is 415 g/mol. The van der Waals surface area contributed by atoms with Gasteiger partial charge in [0.15, 0.2) is 5.13 Å². The first kappa shape index (κ1) is 16.4. The standard InChI is InChI=1S/C18H15BrN4OS/c1-10-15(11-4-6-13(19)7-5-11)22-18(25-10)23-17(24)14-8-9-20-16(21-14)12-2-3-12/h4-9,12H,2-3H2,1H3,(H,22,23,24). The van der Waals surface area contributed by atoms with Crippen molar-refractivity contribution in [3.8, 4) is 11.3 Å². The highest BCUT2D eigenvalue weighted by Crippen LogP contribution is 2.37. The second-order valence-electron chi connectivity index (χ2n) is 5.96. The third-order valence-electron chi connectivity index (χ3n) is 3.98. The molecule has 0 atom stereocenters. The topological polar surface area (TPSA) is 67.8 Å². The third-order valence-corrected chi connectivity index (χ3v) is 5.40. The molecule has 1 N–H and O–H groups in total. The van der Waals surface area contributed by atoms with Crippen molar-refractivity contribution >= 4 is 38.3 Å². The molecule has 1 fully saturated rings. The van der Waals surface area contributed by atoms with E-state index in [1.54, 1.807) is 12.3 Å². The van der Waals surface area contributed by atoms with Gasteiger partial charge in [-0.05, 0) is 38.0 Å². The number of nitrogens with one attached hydrogen (secondary N) is 1. The number of thiazole rings is 1. The lowest BCUT2D eigenvalue weighted by atomic mass is 10.1. The highest BCUT2D eigenvalue weighted by molar-refractivity contribution is 9.10. The molecular formula is C18H15BrN4OS. The highest BCUT2D eigenvalue weighted by Gasteiger charge is 2.27. The van der Waals surface area contributed by atoms with E-state index < -0.39 is 0 Å². The highest BCUT2D eigenvalue weighted by atomic mass is 79.9. The number of aryl methyl sites for hydroxylation is 1. The summed E-state index contributed by atoms with van der Waals surface area (Å²) < 4.78 is 1.02. The minimum Gasteiger partial charge on any atom is -0.296 e. The summed E-state index contributed by atoms with van der Waals surface area (Å²) in [4.78, 5) is 26.7. The van der Waals surface area contributed by atoms with E-state index >= 15 is 0 Å². The normalized spacial score (nSPS) is 13.7. The van der Waals surface area contributed by atoms with Crippen LogP contribution in [-0.4, -0.2) is 20.9 Å². The Bertz CT molecular complexity index is 935. The molecule has 1 aliphatic rings. The van der Waals surface area contributed by atoms with Crippen molar-refractivity contribution in [1.29, 1.82) is 0 Å². The van der Waals surface area contributed by atoms with Gasteiger partial charge in [-0.15, -0.1) is 11.3 Å². The fourth-order valence-corrected chi connectivity index (χ4v) is 3.62. The molecule has 126 valence electrons. The molecule has 0 spiro atoms. The molecule has 3 aromatic rings. The van der Waals surface area contributed by atoms with Crippen molar-refractivity contribution in [2.75, 3.05) is 5.32 Å². The third kappa shape index (κ3) is 3.62. The second-order valence-corrected chi connectivity index (χ2v) is 8.08. The molecule has 0 radical (unpaired) electrons. The van der Waals surface area contributed by atoms with Crippen molar-refractivity contribution < 1.29 is 4.79 Å². The van der Waals surface area contributed by atoms with E-state index in [0.717, 1.165) is 39.3 Å². The molecule has 4 rings (SSSR count). The number of amides is 1. The monoisotopic (exact) mass is 414 g/mol. The molecule has 0 aliphatic heterocycles. The summed E-state index contributed by atoms with van der Waals surface area (Å²) in [6.07, 6.45) is 3.86. The lowest BCUT2D eigenvalue weighted by Gasteiger charge is -2.02. The maximum Gasteiger partial charge on any atom is 0.276 e. The number of anilines is 1. The van der Waals surface area contributed by atoms with Gasteiger partial charge in [-0.3, -0.25) is 10.1 Å². The van der Waals surface area contributed by atoms with Crippen LogP contribution in [0.25, 0.3) is 11.3 Å². The summed E-state index contributed by atoms with van der Waals surface area (Å²) in [5.41, 5.74) is 2.29. The van der Waals surface area contributed by atoms with E-state index in [-0.39, 0.29) is 5.91 Å².